The first kappa shape index (κ1) is 19.2. The van der Waals surface area contributed by atoms with E-state index in [1.54, 1.807) is 0 Å². The average Bonchev–Trinajstić information content (AvgIpc) is 2.48. The lowest BCUT2D eigenvalue weighted by molar-refractivity contribution is 0.336. The van der Waals surface area contributed by atoms with Crippen molar-refractivity contribution in [3.63, 3.8) is 0 Å². The Balaban J connectivity index is 2.82. The number of halogens is 1. The molecule has 1 aromatic rings. The largest absolute Gasteiger partial charge is 0.251 e. The van der Waals surface area contributed by atoms with Gasteiger partial charge in [0.25, 0.3) is 0 Å². The van der Waals surface area contributed by atoms with E-state index in [2.05, 4.69) is 45.9 Å². The van der Waals surface area contributed by atoms with E-state index in [1.165, 1.54) is 55.2 Å². The van der Waals surface area contributed by atoms with Gasteiger partial charge in [-0.2, -0.15) is 0 Å². The van der Waals surface area contributed by atoms with Crippen molar-refractivity contribution in [2.45, 2.75) is 85.0 Å². The van der Waals surface area contributed by atoms with Crippen molar-refractivity contribution in [2.24, 2.45) is 5.92 Å². The van der Waals surface area contributed by atoms with Gasteiger partial charge < -0.3 is 0 Å². The van der Waals surface area contributed by atoms with Crippen LogP contribution in [0.2, 0.25) is 0 Å². The molecule has 1 radical (unpaired) electrons. The predicted molar refractivity (Wildman–Crippen MR) is 95.2 cm³/mol. The number of rotatable bonds is 11. The number of hydrogen-bond acceptors (Lipinski definition) is 0. The van der Waals surface area contributed by atoms with E-state index in [1.807, 2.05) is 0 Å². The molecule has 22 heavy (non-hydrogen) atoms. The van der Waals surface area contributed by atoms with Crippen LogP contribution in [-0.4, -0.2) is 6.67 Å². The molecule has 0 aliphatic rings. The van der Waals surface area contributed by atoms with E-state index in [0.29, 0.717) is 12.3 Å². The summed E-state index contributed by atoms with van der Waals surface area (Å²) in [5.41, 5.74) is 3.68. The molecule has 0 N–H and O–H groups in total. The van der Waals surface area contributed by atoms with Crippen LogP contribution in [0, 0.1) is 25.8 Å². The Bertz CT molecular complexity index is 382. The minimum Gasteiger partial charge on any atom is -0.251 e. The van der Waals surface area contributed by atoms with Gasteiger partial charge in [-0.15, -0.1) is 0 Å². The normalized spacial score (nSPS) is 12.8. The van der Waals surface area contributed by atoms with E-state index < -0.39 is 0 Å². The minimum atomic E-state index is -0.213. The summed E-state index contributed by atoms with van der Waals surface area (Å²) >= 11 is 0. The van der Waals surface area contributed by atoms with E-state index in [0.717, 1.165) is 12.3 Å². The summed E-state index contributed by atoms with van der Waals surface area (Å²) in [6.07, 6.45) is 9.54. The maximum atomic E-state index is 13.1. The zero-order valence-electron chi connectivity index (χ0n) is 15.1. The van der Waals surface area contributed by atoms with Crippen LogP contribution in [-0.2, 0) is 0 Å². The summed E-state index contributed by atoms with van der Waals surface area (Å²) in [5, 5.41) is 0. The molecule has 0 nitrogen and oxygen atoms in total. The molecule has 0 aromatic heterocycles. The molecule has 1 heteroatoms. The molecule has 1 atom stereocenters. The first-order chi connectivity index (χ1) is 10.6. The molecular formula is C21H34F. The molecule has 125 valence electrons. The van der Waals surface area contributed by atoms with Gasteiger partial charge in [0.05, 0.1) is 6.67 Å². The summed E-state index contributed by atoms with van der Waals surface area (Å²) in [5.74, 6) is 1.12. The molecule has 1 aromatic carbocycles. The van der Waals surface area contributed by atoms with Gasteiger partial charge in [0.2, 0.25) is 0 Å². The molecular weight excluding hydrogens is 271 g/mol. The fraction of sp³-hybridized carbons (Fsp3) is 0.714. The van der Waals surface area contributed by atoms with Crippen LogP contribution in [0.15, 0.2) is 12.1 Å². The van der Waals surface area contributed by atoms with Crippen LogP contribution in [0.3, 0.4) is 0 Å². The zero-order chi connectivity index (χ0) is 16.4. The highest BCUT2D eigenvalue weighted by atomic mass is 19.1. The van der Waals surface area contributed by atoms with Crippen LogP contribution in [0.1, 0.15) is 87.8 Å². The van der Waals surface area contributed by atoms with Crippen molar-refractivity contribution in [3.05, 3.63) is 34.9 Å². The monoisotopic (exact) mass is 305 g/mol. The Morgan fingerprint density at radius 3 is 1.95 bits per heavy atom. The molecule has 0 aliphatic heterocycles. The highest BCUT2D eigenvalue weighted by Crippen LogP contribution is 2.33. The zero-order valence-corrected chi connectivity index (χ0v) is 15.1. The predicted octanol–water partition coefficient (Wildman–Crippen LogP) is 6.93. The molecule has 0 aliphatic carbocycles. The van der Waals surface area contributed by atoms with E-state index in [-0.39, 0.29) is 6.67 Å². The third kappa shape index (κ3) is 6.94. The van der Waals surface area contributed by atoms with E-state index in [9.17, 15) is 4.39 Å². The molecule has 0 spiro atoms. The second kappa shape index (κ2) is 10.8. The highest BCUT2D eigenvalue weighted by Gasteiger charge is 2.18. The van der Waals surface area contributed by atoms with Gasteiger partial charge in [0.15, 0.2) is 0 Å². The molecule has 0 saturated carbocycles. The Hall–Kier alpha value is -0.850. The summed E-state index contributed by atoms with van der Waals surface area (Å²) in [6.45, 7) is 8.49. The molecule has 0 heterocycles. The lowest BCUT2D eigenvalue weighted by Crippen LogP contribution is -2.10. The van der Waals surface area contributed by atoms with Crippen molar-refractivity contribution in [2.75, 3.05) is 6.67 Å². The number of unbranched alkanes of at least 4 members (excludes halogenated alkanes) is 2. The van der Waals surface area contributed by atoms with Crippen molar-refractivity contribution in [3.8, 4) is 0 Å². The standard InChI is InChI=1S/C21H34F/c1-5-7-9-19(10-8-6-2)16-20(11-12-22)21-14-17(3)13-18(4)15-21/h14-15,19-20H,5-12,16H2,1-4H3. The van der Waals surface area contributed by atoms with Gasteiger partial charge in [-0.25, -0.2) is 0 Å². The number of hydrogen-bond donors (Lipinski definition) is 0. The Kier molecular flexibility index (Phi) is 9.43. The van der Waals surface area contributed by atoms with Crippen LogP contribution in [0.4, 0.5) is 4.39 Å². The van der Waals surface area contributed by atoms with Gasteiger partial charge in [0, 0.05) is 0 Å². The van der Waals surface area contributed by atoms with Gasteiger partial charge in [-0.1, -0.05) is 64.5 Å². The molecule has 0 bridgehead atoms. The fourth-order valence-electron chi connectivity index (χ4n) is 3.48. The second-order valence-electron chi connectivity index (χ2n) is 6.84. The Morgan fingerprint density at radius 2 is 1.50 bits per heavy atom. The topological polar surface area (TPSA) is 0 Å². The Labute approximate surface area is 137 Å². The van der Waals surface area contributed by atoms with Gasteiger partial charge in [-0.05, 0) is 61.3 Å². The van der Waals surface area contributed by atoms with Crippen LogP contribution in [0.25, 0.3) is 0 Å². The minimum absolute atomic E-state index is 0.213. The van der Waals surface area contributed by atoms with Crippen LogP contribution >= 0.6 is 0 Å². The summed E-state index contributed by atoms with van der Waals surface area (Å²) < 4.78 is 13.1. The third-order valence-corrected chi connectivity index (χ3v) is 4.64. The van der Waals surface area contributed by atoms with Crippen LogP contribution in [0.5, 0.6) is 0 Å². The average molecular weight is 306 g/mol. The van der Waals surface area contributed by atoms with Gasteiger partial charge in [0.1, 0.15) is 0 Å². The lowest BCUT2D eigenvalue weighted by Gasteiger charge is -2.24. The quantitative estimate of drug-likeness (QED) is 0.415. The number of benzene rings is 1. The van der Waals surface area contributed by atoms with Crippen molar-refractivity contribution in [1.82, 2.24) is 0 Å². The van der Waals surface area contributed by atoms with E-state index in [4.69, 9.17) is 0 Å². The molecule has 1 rings (SSSR count). The molecule has 0 fully saturated rings. The molecule has 0 saturated heterocycles. The van der Waals surface area contributed by atoms with Crippen molar-refractivity contribution >= 4 is 0 Å². The summed E-state index contributed by atoms with van der Waals surface area (Å²) in [7, 11) is 0. The van der Waals surface area contributed by atoms with Crippen molar-refractivity contribution in [1.29, 1.82) is 0 Å². The molecule has 1 unspecified atom stereocenters. The van der Waals surface area contributed by atoms with E-state index >= 15 is 0 Å². The fourth-order valence-corrected chi connectivity index (χ4v) is 3.48. The van der Waals surface area contributed by atoms with Gasteiger partial charge in [-0.3, -0.25) is 4.39 Å². The molecule has 0 amide bonds. The maximum Gasteiger partial charge on any atom is 0.0900 e. The number of alkyl halides is 1. The van der Waals surface area contributed by atoms with Crippen molar-refractivity contribution < 1.29 is 4.39 Å². The van der Waals surface area contributed by atoms with Crippen LogP contribution < -0.4 is 0 Å². The van der Waals surface area contributed by atoms with Gasteiger partial charge >= 0.3 is 0 Å². The maximum absolute atomic E-state index is 13.1. The second-order valence-corrected chi connectivity index (χ2v) is 6.84. The highest BCUT2D eigenvalue weighted by molar-refractivity contribution is 5.30. The first-order valence-electron chi connectivity index (χ1n) is 9.17. The smallest absolute Gasteiger partial charge is 0.0900 e. The number of aryl methyl sites for hydroxylation is 2. The first-order valence-corrected chi connectivity index (χ1v) is 9.17. The summed E-state index contributed by atoms with van der Waals surface area (Å²) in [4.78, 5) is 0. The third-order valence-electron chi connectivity index (χ3n) is 4.64. The Morgan fingerprint density at radius 1 is 0.955 bits per heavy atom. The summed E-state index contributed by atoms with van der Waals surface area (Å²) in [6, 6.07) is 7.76. The SMILES string of the molecule is CCCCC(CCCC)CC(CCF)c1cc(C)[c]c(C)c1. The lowest BCUT2D eigenvalue weighted by atomic mass is 9.81.